The van der Waals surface area contributed by atoms with Gasteiger partial charge >= 0.3 is 5.97 Å². The summed E-state index contributed by atoms with van der Waals surface area (Å²) in [6.07, 6.45) is 0.357. The molecule has 0 aliphatic rings. The van der Waals surface area contributed by atoms with E-state index in [4.69, 9.17) is 10.8 Å². The van der Waals surface area contributed by atoms with Gasteiger partial charge in [0.25, 0.3) is 0 Å². The first-order chi connectivity index (χ1) is 14.5. The van der Waals surface area contributed by atoms with Gasteiger partial charge in [-0.25, -0.2) is 0 Å². The topological polar surface area (TPSA) is 171 Å². The maximum Gasteiger partial charge on any atom is 0.322 e. The van der Waals surface area contributed by atoms with Crippen LogP contribution in [0.15, 0.2) is 24.3 Å². The summed E-state index contributed by atoms with van der Waals surface area (Å²) >= 11 is 3.98. The molecule has 1 rings (SSSR count). The Labute approximate surface area is 186 Å². The lowest BCUT2D eigenvalue weighted by molar-refractivity contribution is -0.138. The lowest BCUT2D eigenvalue weighted by atomic mass is 10.0. The summed E-state index contributed by atoms with van der Waals surface area (Å²) in [5.41, 5.74) is 6.30. The Hall–Kier alpha value is -2.79. The molecular weight excluding hydrogens is 424 g/mol. The van der Waals surface area contributed by atoms with Crippen LogP contribution in [0.2, 0.25) is 0 Å². The molecule has 0 aromatic heterocycles. The number of phenols is 1. The van der Waals surface area contributed by atoms with Gasteiger partial charge in [0.2, 0.25) is 17.7 Å². The highest BCUT2D eigenvalue weighted by Gasteiger charge is 2.28. The Morgan fingerprint density at radius 3 is 2.10 bits per heavy atom. The number of rotatable bonds is 12. The Morgan fingerprint density at radius 2 is 1.58 bits per heavy atom. The summed E-state index contributed by atoms with van der Waals surface area (Å²) in [6, 6.07) is 3.11. The molecule has 31 heavy (non-hydrogen) atoms. The molecule has 3 amide bonds. The number of thiol groups is 1. The number of benzene rings is 1. The van der Waals surface area contributed by atoms with Crippen molar-refractivity contribution in [2.45, 2.75) is 44.8 Å². The molecule has 3 atom stereocenters. The first-order valence-corrected chi connectivity index (χ1v) is 10.4. The number of hydrogen-bond acceptors (Lipinski definition) is 7. The second-order valence-corrected chi connectivity index (χ2v) is 7.89. The van der Waals surface area contributed by atoms with Gasteiger partial charge in [0.15, 0.2) is 0 Å². The van der Waals surface area contributed by atoms with Crippen LogP contribution in [-0.4, -0.2) is 64.3 Å². The van der Waals surface area contributed by atoms with E-state index < -0.39 is 48.4 Å². The average Bonchev–Trinajstić information content (AvgIpc) is 2.71. The quantitative estimate of drug-likeness (QED) is 0.207. The molecule has 1 aromatic rings. The number of carboxylic acid groups (broad SMARTS) is 1. The highest BCUT2D eigenvalue weighted by Crippen LogP contribution is 2.12. The lowest BCUT2D eigenvalue weighted by Gasteiger charge is -2.25. The standard InChI is InChI=1S/C20H30N4O6S/c1-11(2)7-15(23-18(28)14(21)10-31)20(30)24-16(19(29)22-9-17(26)27)8-12-3-5-13(25)6-4-12/h3-6,11,14-16,25,31H,7-10,21H2,1-2H3,(H,22,29)(H,23,28)(H,24,30)(H,26,27). The van der Waals surface area contributed by atoms with Crippen molar-refractivity contribution < 1.29 is 29.4 Å². The monoisotopic (exact) mass is 454 g/mol. The summed E-state index contributed by atoms with van der Waals surface area (Å²) in [5, 5.41) is 25.7. The first-order valence-electron chi connectivity index (χ1n) is 9.78. The predicted octanol–water partition coefficient (Wildman–Crippen LogP) is -0.592. The number of carbonyl (C=O) groups is 4. The minimum Gasteiger partial charge on any atom is -0.508 e. The number of carbonyl (C=O) groups excluding carboxylic acids is 3. The number of carboxylic acids is 1. The summed E-state index contributed by atoms with van der Waals surface area (Å²) in [7, 11) is 0. The molecule has 0 radical (unpaired) electrons. The molecule has 0 saturated heterocycles. The van der Waals surface area contributed by atoms with Crippen LogP contribution in [0, 0.1) is 5.92 Å². The van der Waals surface area contributed by atoms with E-state index in [0.717, 1.165) is 0 Å². The van der Waals surface area contributed by atoms with Gasteiger partial charge in [-0.3, -0.25) is 19.2 Å². The Kier molecular flexibility index (Phi) is 10.8. The van der Waals surface area contributed by atoms with Crippen molar-refractivity contribution in [3.8, 4) is 5.75 Å². The predicted molar refractivity (Wildman–Crippen MR) is 118 cm³/mol. The fraction of sp³-hybridized carbons (Fsp3) is 0.500. The Bertz CT molecular complexity index is 771. The second kappa shape index (κ2) is 12.8. The van der Waals surface area contributed by atoms with Gasteiger partial charge < -0.3 is 31.9 Å². The Morgan fingerprint density at radius 1 is 1.00 bits per heavy atom. The van der Waals surface area contributed by atoms with E-state index in [1.807, 2.05) is 13.8 Å². The van der Waals surface area contributed by atoms with E-state index in [-0.39, 0.29) is 23.8 Å². The van der Waals surface area contributed by atoms with Gasteiger partial charge in [0.05, 0.1) is 6.04 Å². The van der Waals surface area contributed by atoms with Crippen LogP contribution >= 0.6 is 12.6 Å². The van der Waals surface area contributed by atoms with Crippen LogP contribution in [0.3, 0.4) is 0 Å². The normalized spacial score (nSPS) is 13.7. The average molecular weight is 455 g/mol. The van der Waals surface area contributed by atoms with Gasteiger partial charge in [0, 0.05) is 12.2 Å². The van der Waals surface area contributed by atoms with Crippen molar-refractivity contribution in [1.29, 1.82) is 0 Å². The SMILES string of the molecule is CC(C)CC(NC(=O)C(N)CS)C(=O)NC(Cc1ccc(O)cc1)C(=O)NCC(=O)O. The zero-order valence-electron chi connectivity index (χ0n) is 17.5. The number of phenolic OH excluding ortho intramolecular Hbond substituents is 1. The summed E-state index contributed by atoms with van der Waals surface area (Å²) in [4.78, 5) is 48.4. The van der Waals surface area contributed by atoms with Crippen molar-refractivity contribution in [2.24, 2.45) is 11.7 Å². The molecule has 3 unspecified atom stereocenters. The minimum absolute atomic E-state index is 0.0416. The molecule has 0 bridgehead atoms. The molecule has 0 aliphatic carbocycles. The third-order valence-corrected chi connectivity index (χ3v) is 4.69. The second-order valence-electron chi connectivity index (χ2n) is 7.52. The highest BCUT2D eigenvalue weighted by molar-refractivity contribution is 7.80. The van der Waals surface area contributed by atoms with Gasteiger partial charge in [-0.1, -0.05) is 26.0 Å². The van der Waals surface area contributed by atoms with Gasteiger partial charge in [-0.15, -0.1) is 0 Å². The van der Waals surface area contributed by atoms with Gasteiger partial charge in [-0.2, -0.15) is 12.6 Å². The molecule has 0 fully saturated rings. The molecule has 11 heteroatoms. The molecule has 0 spiro atoms. The molecule has 1 aromatic carbocycles. The zero-order valence-corrected chi connectivity index (χ0v) is 18.4. The summed E-state index contributed by atoms with van der Waals surface area (Å²) in [5.74, 6) is -2.86. The van der Waals surface area contributed by atoms with Gasteiger partial charge in [-0.05, 0) is 30.0 Å². The fourth-order valence-corrected chi connectivity index (χ4v) is 2.87. The van der Waals surface area contributed by atoms with E-state index in [1.165, 1.54) is 12.1 Å². The lowest BCUT2D eigenvalue weighted by Crippen LogP contribution is -2.57. The number of aliphatic carboxylic acids is 1. The van der Waals surface area contributed by atoms with Crippen LogP contribution in [0.1, 0.15) is 25.8 Å². The zero-order chi connectivity index (χ0) is 23.6. The van der Waals surface area contributed by atoms with E-state index in [9.17, 15) is 24.3 Å². The smallest absolute Gasteiger partial charge is 0.322 e. The van der Waals surface area contributed by atoms with Crippen LogP contribution in [0.4, 0.5) is 0 Å². The minimum atomic E-state index is -1.23. The number of nitrogens with two attached hydrogens (primary N) is 1. The molecule has 172 valence electrons. The maximum absolute atomic E-state index is 12.9. The van der Waals surface area contributed by atoms with Crippen molar-refractivity contribution >= 4 is 36.3 Å². The third kappa shape index (κ3) is 9.71. The number of aromatic hydroxyl groups is 1. The van der Waals surface area contributed by atoms with E-state index in [0.29, 0.717) is 12.0 Å². The third-order valence-electron chi connectivity index (χ3n) is 4.30. The van der Waals surface area contributed by atoms with Crippen LogP contribution in [-0.2, 0) is 25.6 Å². The van der Waals surface area contributed by atoms with E-state index >= 15 is 0 Å². The largest absolute Gasteiger partial charge is 0.508 e. The Balaban J connectivity index is 3.01. The fourth-order valence-electron chi connectivity index (χ4n) is 2.70. The molecule has 0 saturated carbocycles. The summed E-state index contributed by atoms with van der Waals surface area (Å²) < 4.78 is 0. The first kappa shape index (κ1) is 26.2. The van der Waals surface area contributed by atoms with Crippen LogP contribution in [0.25, 0.3) is 0 Å². The van der Waals surface area contributed by atoms with Crippen LogP contribution < -0.4 is 21.7 Å². The highest BCUT2D eigenvalue weighted by atomic mass is 32.1. The maximum atomic E-state index is 12.9. The molecular formula is C20H30N4O6S. The molecule has 0 aliphatic heterocycles. The van der Waals surface area contributed by atoms with E-state index in [2.05, 4.69) is 28.6 Å². The summed E-state index contributed by atoms with van der Waals surface area (Å²) in [6.45, 7) is 3.14. The van der Waals surface area contributed by atoms with Crippen molar-refractivity contribution in [2.75, 3.05) is 12.3 Å². The molecule has 10 nitrogen and oxygen atoms in total. The van der Waals surface area contributed by atoms with Crippen molar-refractivity contribution in [1.82, 2.24) is 16.0 Å². The van der Waals surface area contributed by atoms with Crippen molar-refractivity contribution in [3.05, 3.63) is 29.8 Å². The number of amides is 3. The number of hydrogen-bond donors (Lipinski definition) is 7. The molecule has 7 N–H and O–H groups in total. The molecule has 0 heterocycles. The van der Waals surface area contributed by atoms with E-state index in [1.54, 1.807) is 12.1 Å². The van der Waals surface area contributed by atoms with Gasteiger partial charge in [0.1, 0.15) is 24.4 Å². The van der Waals surface area contributed by atoms with Crippen LogP contribution in [0.5, 0.6) is 5.75 Å². The number of nitrogens with one attached hydrogen (secondary N) is 3. The van der Waals surface area contributed by atoms with Crippen molar-refractivity contribution in [3.63, 3.8) is 0 Å².